The summed E-state index contributed by atoms with van der Waals surface area (Å²) in [6.45, 7) is 8.65. The molecule has 3 aromatic rings. The number of benzene rings is 2. The largest absolute Gasteiger partial charge is 4.00 e. The molecule has 0 bridgehead atoms. The van der Waals surface area contributed by atoms with Crippen molar-refractivity contribution in [1.29, 1.82) is 0 Å². The Labute approximate surface area is 195 Å². The summed E-state index contributed by atoms with van der Waals surface area (Å²) in [4.78, 5) is 0. The third-order valence-corrected chi connectivity index (χ3v) is 4.74. The first-order chi connectivity index (χ1) is 11.6. The van der Waals surface area contributed by atoms with Gasteiger partial charge < -0.3 is 24.8 Å². The van der Waals surface area contributed by atoms with Crippen LogP contribution >= 0.6 is 0 Å². The fraction of sp³-hybridized carbons (Fsp3) is 0.292. The van der Waals surface area contributed by atoms with Gasteiger partial charge in [-0.15, -0.1) is 39.7 Å². The van der Waals surface area contributed by atoms with E-state index in [1.54, 1.807) is 0 Å². The molecular weight excluding hydrogens is 450 g/mol. The summed E-state index contributed by atoms with van der Waals surface area (Å²) in [6.07, 6.45) is 10.1. The Balaban J connectivity index is 0.000000498. The van der Waals surface area contributed by atoms with Crippen molar-refractivity contribution in [1.82, 2.24) is 0 Å². The van der Waals surface area contributed by atoms with Gasteiger partial charge in [0.05, 0.1) is 0 Å². The fourth-order valence-corrected chi connectivity index (χ4v) is 3.29. The van der Waals surface area contributed by atoms with Crippen LogP contribution in [0, 0.1) is 25.8 Å². The molecule has 1 unspecified atom stereocenters. The predicted octanol–water partition coefficient (Wildman–Crippen LogP) is 1.06. The van der Waals surface area contributed by atoms with Gasteiger partial charge in [0.1, 0.15) is 0 Å². The van der Waals surface area contributed by atoms with E-state index in [0.717, 1.165) is 6.42 Å². The van der Waals surface area contributed by atoms with Crippen LogP contribution in [0.4, 0.5) is 0 Å². The molecule has 0 N–H and O–H groups in total. The zero-order valence-electron chi connectivity index (χ0n) is 16.4. The molecule has 0 heterocycles. The van der Waals surface area contributed by atoms with Crippen LogP contribution in [-0.4, -0.2) is 0 Å². The first-order valence-electron chi connectivity index (χ1n) is 8.97. The molecule has 0 aromatic heterocycles. The molecule has 0 radical (unpaired) electrons. The van der Waals surface area contributed by atoms with Gasteiger partial charge in [0.25, 0.3) is 0 Å². The Hall–Kier alpha value is -0.747. The molecule has 27 heavy (non-hydrogen) atoms. The zero-order chi connectivity index (χ0) is 17.1. The average Bonchev–Trinajstić information content (AvgIpc) is 3.17. The molecule has 0 nitrogen and oxygen atoms in total. The number of aryl methyl sites for hydroxylation is 2. The van der Waals surface area contributed by atoms with E-state index in [1.165, 1.54) is 44.7 Å². The second kappa shape index (κ2) is 12.0. The molecule has 1 aliphatic rings. The number of allylic oxidation sites excluding steroid dienone is 4. The maximum absolute atomic E-state index is 3.40. The van der Waals surface area contributed by atoms with E-state index in [2.05, 4.69) is 88.4 Å². The van der Waals surface area contributed by atoms with Gasteiger partial charge in [0, 0.05) is 0 Å². The van der Waals surface area contributed by atoms with Crippen LogP contribution in [0.15, 0.2) is 60.2 Å². The van der Waals surface area contributed by atoms with Crippen LogP contribution in [0.1, 0.15) is 37.8 Å². The minimum Gasteiger partial charge on any atom is -1.00 e. The molecule has 0 saturated carbocycles. The van der Waals surface area contributed by atoms with Gasteiger partial charge in [0.2, 0.25) is 0 Å². The Bertz CT molecular complexity index is 862. The molecule has 0 fully saturated rings. The molecule has 140 valence electrons. The number of rotatable bonds is 2. The topological polar surface area (TPSA) is 0 Å². The first kappa shape index (κ1) is 26.3. The van der Waals surface area contributed by atoms with Crippen LogP contribution in [0.5, 0.6) is 0 Å². The molecule has 1 atom stereocenters. The normalized spacial score (nSPS) is 14.5. The van der Waals surface area contributed by atoms with E-state index in [4.69, 9.17) is 0 Å². The Morgan fingerprint density at radius 3 is 1.78 bits per heavy atom. The van der Waals surface area contributed by atoms with Gasteiger partial charge in [0.15, 0.2) is 0 Å². The molecule has 3 heteroatoms. The minimum atomic E-state index is 0. The van der Waals surface area contributed by atoms with Crippen molar-refractivity contribution in [3.63, 3.8) is 0 Å². The number of hydrogen-bond donors (Lipinski definition) is 0. The standard InChI is InChI=1S/C15H13.C9H13.2ClH.Zr/c1-10-3-5-14-12(7-10)9-13-8-11(2)4-6-15(13)14;1-3-8-5-6-9(4-2)7-8;;;/h3-9H,1-2H3;5-6,8H,3-4H2,1-2H3;2*1H;/q2*-1;;;+4/p-2. The molecule has 1 aliphatic carbocycles. The van der Waals surface area contributed by atoms with E-state index >= 15 is 0 Å². The van der Waals surface area contributed by atoms with Gasteiger partial charge in [-0.3, -0.25) is 6.08 Å². The SMILES string of the molecule is CCC1=[C-]C(CC)C=C1.Cc1ccc2c(c1)[cH-]c1cc(C)ccc12.[Cl-].[Cl-].[Zr+4]. The molecule has 0 spiro atoms. The monoisotopic (exact) mass is 474 g/mol. The van der Waals surface area contributed by atoms with Crippen LogP contribution < -0.4 is 24.8 Å². The molecule has 0 saturated heterocycles. The van der Waals surface area contributed by atoms with Crippen LogP contribution in [0.3, 0.4) is 0 Å². The van der Waals surface area contributed by atoms with Gasteiger partial charge in [-0.2, -0.15) is 6.08 Å². The number of hydrogen-bond acceptors (Lipinski definition) is 0. The van der Waals surface area contributed by atoms with Crippen molar-refractivity contribution in [2.24, 2.45) is 5.92 Å². The fourth-order valence-electron chi connectivity index (χ4n) is 3.29. The average molecular weight is 477 g/mol. The Morgan fingerprint density at radius 1 is 0.889 bits per heavy atom. The zero-order valence-corrected chi connectivity index (χ0v) is 20.4. The predicted molar refractivity (Wildman–Crippen MR) is 106 cm³/mol. The number of fused-ring (bicyclic) bond motifs is 3. The second-order valence-electron chi connectivity index (χ2n) is 6.72. The summed E-state index contributed by atoms with van der Waals surface area (Å²) >= 11 is 0. The van der Waals surface area contributed by atoms with E-state index < -0.39 is 0 Å². The molecule has 0 amide bonds. The summed E-state index contributed by atoms with van der Waals surface area (Å²) in [5.74, 6) is 0.611. The second-order valence-corrected chi connectivity index (χ2v) is 6.72. The maximum Gasteiger partial charge on any atom is 4.00 e. The van der Waals surface area contributed by atoms with Gasteiger partial charge in [-0.05, 0) is 13.8 Å². The van der Waals surface area contributed by atoms with Gasteiger partial charge >= 0.3 is 26.2 Å². The van der Waals surface area contributed by atoms with E-state index in [-0.39, 0.29) is 51.0 Å². The maximum atomic E-state index is 3.40. The molecule has 4 rings (SSSR count). The van der Waals surface area contributed by atoms with E-state index in [9.17, 15) is 0 Å². The van der Waals surface area contributed by atoms with Crippen molar-refractivity contribution in [2.75, 3.05) is 0 Å². The van der Waals surface area contributed by atoms with Crippen LogP contribution in [-0.2, 0) is 26.2 Å². The number of halogens is 2. The quantitative estimate of drug-likeness (QED) is 0.486. The van der Waals surface area contributed by atoms with Crippen molar-refractivity contribution < 1.29 is 51.0 Å². The van der Waals surface area contributed by atoms with E-state index in [0.29, 0.717) is 5.92 Å². The molecular formula is C24H26Cl2Zr. The summed E-state index contributed by atoms with van der Waals surface area (Å²) in [7, 11) is 0. The third kappa shape index (κ3) is 6.38. The van der Waals surface area contributed by atoms with E-state index in [1.807, 2.05) is 0 Å². The van der Waals surface area contributed by atoms with Crippen molar-refractivity contribution in [3.05, 3.63) is 77.4 Å². The minimum absolute atomic E-state index is 0. The Morgan fingerprint density at radius 2 is 1.41 bits per heavy atom. The smallest absolute Gasteiger partial charge is 1.00 e. The summed E-state index contributed by atoms with van der Waals surface area (Å²) < 4.78 is 0. The van der Waals surface area contributed by atoms with Crippen molar-refractivity contribution in [2.45, 2.75) is 40.5 Å². The summed E-state index contributed by atoms with van der Waals surface area (Å²) in [5.41, 5.74) is 4.03. The summed E-state index contributed by atoms with van der Waals surface area (Å²) in [5, 5.41) is 5.46. The summed E-state index contributed by atoms with van der Waals surface area (Å²) in [6, 6.07) is 15.6. The van der Waals surface area contributed by atoms with Gasteiger partial charge in [-0.25, -0.2) is 11.6 Å². The van der Waals surface area contributed by atoms with Crippen LogP contribution in [0.2, 0.25) is 0 Å². The molecule has 0 aliphatic heterocycles. The van der Waals surface area contributed by atoms with Crippen molar-refractivity contribution in [3.8, 4) is 0 Å². The Kier molecular flexibility index (Phi) is 11.6. The first-order valence-corrected chi connectivity index (χ1v) is 8.97. The van der Waals surface area contributed by atoms with Crippen LogP contribution in [0.25, 0.3) is 21.5 Å². The third-order valence-electron chi connectivity index (χ3n) is 4.74. The van der Waals surface area contributed by atoms with Crippen molar-refractivity contribution >= 4 is 21.5 Å². The van der Waals surface area contributed by atoms with Gasteiger partial charge in [-0.1, -0.05) is 68.0 Å². The molecule has 3 aromatic carbocycles.